The van der Waals surface area contributed by atoms with Gasteiger partial charge in [0.05, 0.1) is 12.1 Å². The molecule has 0 bridgehead atoms. The van der Waals surface area contributed by atoms with Gasteiger partial charge in [0.2, 0.25) is 0 Å². The van der Waals surface area contributed by atoms with Crippen LogP contribution >= 0.6 is 0 Å². The first-order chi connectivity index (χ1) is 8.16. The zero-order chi connectivity index (χ0) is 12.3. The van der Waals surface area contributed by atoms with Crippen LogP contribution in [-0.4, -0.2) is 53.8 Å². The van der Waals surface area contributed by atoms with Crippen LogP contribution in [0.25, 0.3) is 0 Å². The highest BCUT2D eigenvalue weighted by atomic mass is 16.5. The van der Waals surface area contributed by atoms with Crippen LogP contribution in [-0.2, 0) is 9.53 Å². The third-order valence-corrected chi connectivity index (χ3v) is 3.31. The summed E-state index contributed by atoms with van der Waals surface area (Å²) in [5.41, 5.74) is 0. The van der Waals surface area contributed by atoms with Gasteiger partial charge in [-0.2, -0.15) is 0 Å². The van der Waals surface area contributed by atoms with Gasteiger partial charge in [0, 0.05) is 26.1 Å². The molecular weight excluding hydrogens is 224 g/mol. The second-order valence-electron chi connectivity index (χ2n) is 4.56. The van der Waals surface area contributed by atoms with Crippen LogP contribution in [0.15, 0.2) is 0 Å². The normalized spacial score (nSPS) is 28.5. The summed E-state index contributed by atoms with van der Waals surface area (Å²) in [5, 5.41) is 11.4. The molecule has 2 heterocycles. The van der Waals surface area contributed by atoms with E-state index >= 15 is 0 Å². The molecule has 2 unspecified atom stereocenters. The number of nitrogens with one attached hydrogen (secondary N) is 1. The number of rotatable bonds is 5. The topological polar surface area (TPSA) is 78.9 Å². The lowest BCUT2D eigenvalue weighted by molar-refractivity contribution is -0.137. The fourth-order valence-corrected chi connectivity index (χ4v) is 2.37. The van der Waals surface area contributed by atoms with Crippen LogP contribution in [0.2, 0.25) is 0 Å². The van der Waals surface area contributed by atoms with E-state index in [0.29, 0.717) is 19.5 Å². The van der Waals surface area contributed by atoms with E-state index in [-0.39, 0.29) is 24.6 Å². The van der Waals surface area contributed by atoms with Crippen molar-refractivity contribution >= 4 is 12.0 Å². The number of ether oxygens (including phenoxy) is 1. The maximum Gasteiger partial charge on any atom is 0.317 e. The molecule has 2 N–H and O–H groups in total. The van der Waals surface area contributed by atoms with Crippen molar-refractivity contribution in [2.45, 2.75) is 37.8 Å². The van der Waals surface area contributed by atoms with E-state index in [1.54, 1.807) is 4.90 Å². The maximum atomic E-state index is 11.6. The molecule has 6 nitrogen and oxygen atoms in total. The van der Waals surface area contributed by atoms with Gasteiger partial charge in [-0.25, -0.2) is 4.79 Å². The number of amides is 2. The van der Waals surface area contributed by atoms with Crippen molar-refractivity contribution in [2.24, 2.45) is 0 Å². The number of aliphatic carboxylic acids is 1. The molecular formula is C11H18N2O4. The molecule has 6 heteroatoms. The number of carbonyl (C=O) groups is 2. The molecule has 2 fully saturated rings. The van der Waals surface area contributed by atoms with Gasteiger partial charge >= 0.3 is 12.0 Å². The molecule has 0 aromatic carbocycles. The van der Waals surface area contributed by atoms with Gasteiger partial charge in [-0.15, -0.1) is 0 Å². The third-order valence-electron chi connectivity index (χ3n) is 3.31. The SMILES string of the molecule is O=C(O)CCC1CNC(=O)N1CC1CCCO1. The van der Waals surface area contributed by atoms with Gasteiger partial charge < -0.3 is 20.1 Å². The van der Waals surface area contributed by atoms with E-state index in [1.165, 1.54) is 0 Å². The predicted octanol–water partition coefficient (Wildman–Crippen LogP) is 0.424. The number of carboxylic acids is 1. The smallest absolute Gasteiger partial charge is 0.317 e. The van der Waals surface area contributed by atoms with Crippen LogP contribution in [0.3, 0.4) is 0 Å². The Bertz CT molecular complexity index is 302. The molecule has 2 aliphatic heterocycles. The van der Waals surface area contributed by atoms with Gasteiger partial charge in [0.15, 0.2) is 0 Å². The summed E-state index contributed by atoms with van der Waals surface area (Å²) < 4.78 is 5.50. The fourth-order valence-electron chi connectivity index (χ4n) is 2.37. The van der Waals surface area contributed by atoms with Crippen molar-refractivity contribution in [3.8, 4) is 0 Å². The summed E-state index contributed by atoms with van der Waals surface area (Å²) in [7, 11) is 0. The number of hydrogen-bond donors (Lipinski definition) is 2. The first-order valence-corrected chi connectivity index (χ1v) is 6.04. The van der Waals surface area contributed by atoms with Crippen LogP contribution in [0.4, 0.5) is 4.79 Å². The Labute approximate surface area is 99.9 Å². The largest absolute Gasteiger partial charge is 0.481 e. The van der Waals surface area contributed by atoms with Crippen LogP contribution in [0.1, 0.15) is 25.7 Å². The Hall–Kier alpha value is -1.30. The predicted molar refractivity (Wildman–Crippen MR) is 59.7 cm³/mol. The van der Waals surface area contributed by atoms with Gasteiger partial charge in [0.1, 0.15) is 0 Å². The van der Waals surface area contributed by atoms with Gasteiger partial charge in [0.25, 0.3) is 0 Å². The maximum absolute atomic E-state index is 11.6. The highest BCUT2D eigenvalue weighted by molar-refractivity contribution is 5.77. The number of urea groups is 1. The Balaban J connectivity index is 1.86. The molecule has 2 aliphatic rings. The van der Waals surface area contributed by atoms with E-state index in [1.807, 2.05) is 0 Å². The van der Waals surface area contributed by atoms with Gasteiger partial charge in [-0.1, -0.05) is 0 Å². The Morgan fingerprint density at radius 2 is 2.41 bits per heavy atom. The van der Waals surface area contributed by atoms with E-state index in [9.17, 15) is 9.59 Å². The summed E-state index contributed by atoms with van der Waals surface area (Å²) in [5.74, 6) is -0.818. The second kappa shape index (κ2) is 5.35. The molecule has 0 radical (unpaired) electrons. The highest BCUT2D eigenvalue weighted by Gasteiger charge is 2.33. The molecule has 0 aromatic rings. The lowest BCUT2D eigenvalue weighted by Gasteiger charge is -2.25. The molecule has 2 amide bonds. The monoisotopic (exact) mass is 242 g/mol. The fraction of sp³-hybridized carbons (Fsp3) is 0.818. The molecule has 0 aliphatic carbocycles. The van der Waals surface area contributed by atoms with Crippen molar-refractivity contribution in [1.29, 1.82) is 0 Å². The summed E-state index contributed by atoms with van der Waals surface area (Å²) in [6.07, 6.45) is 2.74. The van der Waals surface area contributed by atoms with Crippen molar-refractivity contribution in [1.82, 2.24) is 10.2 Å². The van der Waals surface area contributed by atoms with Crippen molar-refractivity contribution in [3.05, 3.63) is 0 Å². The lowest BCUT2D eigenvalue weighted by atomic mass is 10.1. The van der Waals surface area contributed by atoms with E-state index in [2.05, 4.69) is 5.32 Å². The molecule has 2 saturated heterocycles. The number of nitrogens with zero attached hydrogens (tertiary/aromatic N) is 1. The Morgan fingerprint density at radius 3 is 3.06 bits per heavy atom. The standard InChI is InChI=1S/C11H18N2O4/c14-10(15)4-3-8-6-12-11(16)13(8)7-9-2-1-5-17-9/h8-9H,1-7H2,(H,12,16)(H,14,15). The van der Waals surface area contributed by atoms with E-state index in [4.69, 9.17) is 9.84 Å². The number of carbonyl (C=O) groups excluding carboxylic acids is 1. The minimum atomic E-state index is -0.818. The Morgan fingerprint density at radius 1 is 1.59 bits per heavy atom. The quantitative estimate of drug-likeness (QED) is 0.732. The molecule has 0 spiro atoms. The summed E-state index contributed by atoms with van der Waals surface area (Å²) in [6, 6.07) is -0.112. The number of hydrogen-bond acceptors (Lipinski definition) is 3. The first-order valence-electron chi connectivity index (χ1n) is 6.04. The van der Waals surface area contributed by atoms with E-state index < -0.39 is 5.97 Å². The van der Waals surface area contributed by atoms with Gasteiger partial charge in [-0.3, -0.25) is 4.79 Å². The summed E-state index contributed by atoms with van der Waals surface area (Å²) >= 11 is 0. The zero-order valence-corrected chi connectivity index (χ0v) is 9.72. The zero-order valence-electron chi connectivity index (χ0n) is 9.72. The minimum absolute atomic E-state index is 0.0113. The average Bonchev–Trinajstić information content (AvgIpc) is 2.89. The second-order valence-corrected chi connectivity index (χ2v) is 4.56. The van der Waals surface area contributed by atoms with Crippen molar-refractivity contribution in [2.75, 3.05) is 19.7 Å². The van der Waals surface area contributed by atoms with E-state index in [0.717, 1.165) is 19.4 Å². The van der Waals surface area contributed by atoms with Crippen molar-refractivity contribution < 1.29 is 19.4 Å². The molecule has 2 rings (SSSR count). The highest BCUT2D eigenvalue weighted by Crippen LogP contribution is 2.18. The lowest BCUT2D eigenvalue weighted by Crippen LogP contribution is -2.40. The van der Waals surface area contributed by atoms with Crippen LogP contribution in [0.5, 0.6) is 0 Å². The third kappa shape index (κ3) is 3.09. The number of carboxylic acid groups (broad SMARTS) is 1. The molecule has 2 atom stereocenters. The van der Waals surface area contributed by atoms with Crippen molar-refractivity contribution in [3.63, 3.8) is 0 Å². The summed E-state index contributed by atoms with van der Waals surface area (Å²) in [6.45, 7) is 1.88. The van der Waals surface area contributed by atoms with Crippen LogP contribution in [0, 0.1) is 0 Å². The summed E-state index contributed by atoms with van der Waals surface area (Å²) in [4.78, 5) is 23.9. The minimum Gasteiger partial charge on any atom is -0.481 e. The molecule has 96 valence electrons. The van der Waals surface area contributed by atoms with Gasteiger partial charge in [-0.05, 0) is 19.3 Å². The average molecular weight is 242 g/mol. The Kier molecular flexibility index (Phi) is 3.83. The molecule has 0 saturated carbocycles. The van der Waals surface area contributed by atoms with Crippen LogP contribution < -0.4 is 5.32 Å². The molecule has 0 aromatic heterocycles. The first kappa shape index (κ1) is 12.2. The molecule has 17 heavy (non-hydrogen) atoms.